The van der Waals surface area contributed by atoms with Gasteiger partial charge in [0.05, 0.1) is 23.3 Å². The van der Waals surface area contributed by atoms with Gasteiger partial charge in [-0.15, -0.1) is 0 Å². The first kappa shape index (κ1) is 20.3. The number of aryl methyl sites for hydroxylation is 1. The third kappa shape index (κ3) is 3.52. The first-order valence-electron chi connectivity index (χ1n) is 10.7. The Kier molecular flexibility index (Phi) is 5.15. The van der Waals surface area contributed by atoms with Gasteiger partial charge in [0.15, 0.2) is 5.76 Å². The van der Waals surface area contributed by atoms with Crippen molar-refractivity contribution in [2.24, 2.45) is 0 Å². The molecule has 4 aromatic rings. The van der Waals surface area contributed by atoms with Crippen molar-refractivity contribution in [1.82, 2.24) is 0 Å². The van der Waals surface area contributed by atoms with Gasteiger partial charge >= 0.3 is 11.3 Å². The van der Waals surface area contributed by atoms with Crippen molar-refractivity contribution in [2.75, 3.05) is 6.61 Å². The Balaban J connectivity index is 1.72. The van der Waals surface area contributed by atoms with Crippen LogP contribution < -0.4 is 16.0 Å². The Morgan fingerprint density at radius 3 is 2.62 bits per heavy atom. The number of ether oxygens (including phenoxy) is 2. The van der Waals surface area contributed by atoms with E-state index in [-0.39, 0.29) is 5.56 Å². The fraction of sp³-hybridized carbons (Fsp3) is 0.231. The third-order valence-corrected chi connectivity index (χ3v) is 5.55. The second-order valence-corrected chi connectivity index (χ2v) is 7.88. The quantitative estimate of drug-likeness (QED) is 0.303. The number of unbranched alkanes of at least 4 members (excludes halogenated alkanes) is 1. The summed E-state index contributed by atoms with van der Waals surface area (Å²) in [6, 6.07) is 15.9. The zero-order valence-electron chi connectivity index (χ0n) is 17.8. The fourth-order valence-electron chi connectivity index (χ4n) is 3.95. The number of hydrogen-bond acceptors (Lipinski definition) is 6. The summed E-state index contributed by atoms with van der Waals surface area (Å²) in [6.07, 6.45) is 1.14. The summed E-state index contributed by atoms with van der Waals surface area (Å²) in [5.41, 5.74) is 2.31. The van der Waals surface area contributed by atoms with Gasteiger partial charge in [-0.2, -0.15) is 0 Å². The Morgan fingerprint density at radius 1 is 0.938 bits per heavy atom. The molecule has 0 N–H and O–H groups in total. The summed E-state index contributed by atoms with van der Waals surface area (Å²) < 4.78 is 23.3. The molecule has 0 saturated carbocycles. The van der Waals surface area contributed by atoms with E-state index in [1.54, 1.807) is 12.1 Å². The van der Waals surface area contributed by atoms with Crippen molar-refractivity contribution in [3.05, 3.63) is 86.6 Å². The molecule has 0 amide bonds. The minimum Gasteiger partial charge on any atom is -0.460 e. The largest absolute Gasteiger partial charge is 0.460 e. The molecule has 0 radical (unpaired) electrons. The van der Waals surface area contributed by atoms with Crippen molar-refractivity contribution >= 4 is 11.0 Å². The summed E-state index contributed by atoms with van der Waals surface area (Å²) >= 11 is 0. The minimum atomic E-state index is -0.719. The van der Waals surface area contributed by atoms with Crippen LogP contribution in [-0.4, -0.2) is 6.61 Å². The number of benzene rings is 2. The molecule has 6 heteroatoms. The van der Waals surface area contributed by atoms with Crippen LogP contribution >= 0.6 is 0 Å². The summed E-state index contributed by atoms with van der Waals surface area (Å²) in [7, 11) is 0. The third-order valence-electron chi connectivity index (χ3n) is 5.55. The molecule has 1 atom stereocenters. The lowest BCUT2D eigenvalue weighted by Gasteiger charge is -2.27. The molecular formula is C26H22O6. The van der Waals surface area contributed by atoms with Gasteiger partial charge in [-0.05, 0) is 43.2 Å². The topological polar surface area (TPSA) is 78.9 Å². The predicted octanol–water partition coefficient (Wildman–Crippen LogP) is 5.60. The van der Waals surface area contributed by atoms with E-state index in [0.29, 0.717) is 45.8 Å². The Morgan fingerprint density at radius 2 is 1.78 bits per heavy atom. The van der Waals surface area contributed by atoms with Crippen LogP contribution in [0.1, 0.15) is 37.2 Å². The maximum absolute atomic E-state index is 13.1. The number of para-hydroxylation sites is 1. The summed E-state index contributed by atoms with van der Waals surface area (Å²) in [5, 5.41) is 0.656. The monoisotopic (exact) mass is 430 g/mol. The highest BCUT2D eigenvalue weighted by atomic mass is 16.7. The van der Waals surface area contributed by atoms with Crippen molar-refractivity contribution in [3.8, 4) is 28.2 Å². The van der Waals surface area contributed by atoms with Crippen LogP contribution in [-0.2, 0) is 4.74 Å². The van der Waals surface area contributed by atoms with Crippen LogP contribution in [0.4, 0.5) is 0 Å². The molecule has 1 aliphatic rings. The lowest BCUT2D eigenvalue weighted by molar-refractivity contribution is -0.0869. The molecule has 162 valence electrons. The van der Waals surface area contributed by atoms with Gasteiger partial charge in [0, 0.05) is 17.0 Å². The van der Waals surface area contributed by atoms with Crippen LogP contribution in [0.3, 0.4) is 0 Å². The van der Waals surface area contributed by atoms with Crippen LogP contribution in [0, 0.1) is 6.92 Å². The average molecular weight is 430 g/mol. The zero-order valence-corrected chi connectivity index (χ0v) is 17.8. The molecule has 6 nitrogen and oxygen atoms in total. The van der Waals surface area contributed by atoms with Crippen molar-refractivity contribution in [3.63, 3.8) is 0 Å². The summed E-state index contributed by atoms with van der Waals surface area (Å²) in [5.74, 6) is 1.02. The van der Waals surface area contributed by atoms with Crippen LogP contribution in [0.25, 0.3) is 33.4 Å². The SMILES string of the molecule is CCCCOC1Oc2ccccc2-c2oc(=O)c(-c3cc(=O)oc4cc(C)ccc34)cc21. The van der Waals surface area contributed by atoms with Gasteiger partial charge in [-0.25, -0.2) is 9.59 Å². The smallest absolute Gasteiger partial charge is 0.344 e. The molecule has 0 fully saturated rings. The Bertz CT molecular complexity index is 1430. The lowest BCUT2D eigenvalue weighted by atomic mass is 9.97. The first-order valence-corrected chi connectivity index (χ1v) is 10.7. The molecule has 1 unspecified atom stereocenters. The number of rotatable bonds is 5. The van der Waals surface area contributed by atoms with Crippen LogP contribution in [0.15, 0.2) is 73.0 Å². The zero-order chi connectivity index (χ0) is 22.2. The molecule has 0 spiro atoms. The van der Waals surface area contributed by atoms with Crippen molar-refractivity contribution in [2.45, 2.75) is 33.0 Å². The minimum absolute atomic E-state index is 0.262. The molecule has 1 aliphatic heterocycles. The number of hydrogen-bond donors (Lipinski definition) is 0. The van der Waals surface area contributed by atoms with Crippen LogP contribution in [0.5, 0.6) is 5.75 Å². The molecule has 0 saturated heterocycles. The molecule has 0 bridgehead atoms. The van der Waals surface area contributed by atoms with E-state index in [2.05, 4.69) is 6.92 Å². The Hall–Kier alpha value is -3.64. The second kappa shape index (κ2) is 8.13. The van der Waals surface area contributed by atoms with E-state index in [9.17, 15) is 9.59 Å². The molecule has 32 heavy (non-hydrogen) atoms. The van der Waals surface area contributed by atoms with E-state index in [0.717, 1.165) is 18.4 Å². The summed E-state index contributed by atoms with van der Waals surface area (Å²) in [4.78, 5) is 25.4. The molecule has 2 aromatic heterocycles. The summed E-state index contributed by atoms with van der Waals surface area (Å²) in [6.45, 7) is 4.50. The molecular weight excluding hydrogens is 408 g/mol. The average Bonchev–Trinajstić information content (AvgIpc) is 2.78. The van der Waals surface area contributed by atoms with E-state index in [1.165, 1.54) is 6.07 Å². The maximum atomic E-state index is 13.1. The normalized spacial score (nSPS) is 14.6. The van der Waals surface area contributed by atoms with Gasteiger partial charge in [0.2, 0.25) is 6.29 Å². The van der Waals surface area contributed by atoms with Gasteiger partial charge in [-0.1, -0.05) is 37.6 Å². The van der Waals surface area contributed by atoms with Gasteiger partial charge in [-0.3, -0.25) is 0 Å². The number of fused-ring (bicyclic) bond motifs is 4. The molecule has 0 aliphatic carbocycles. The highest BCUT2D eigenvalue weighted by Gasteiger charge is 2.30. The van der Waals surface area contributed by atoms with Crippen molar-refractivity contribution < 1.29 is 18.3 Å². The van der Waals surface area contributed by atoms with E-state index < -0.39 is 17.5 Å². The Labute approximate surface area is 184 Å². The highest BCUT2D eigenvalue weighted by Crippen LogP contribution is 2.43. The maximum Gasteiger partial charge on any atom is 0.344 e. The molecule has 5 rings (SSSR count). The molecule has 2 aromatic carbocycles. The van der Waals surface area contributed by atoms with Gasteiger partial charge in [0.25, 0.3) is 0 Å². The van der Waals surface area contributed by atoms with Gasteiger partial charge in [0.1, 0.15) is 11.3 Å². The standard InChI is InChI=1S/C26H22O6/c1-3-4-11-29-26-20-13-19(18-14-23(27)30-22-12-15(2)9-10-16(18)22)25(28)32-24(20)17-7-5-6-8-21(17)31-26/h5-10,12-14,26H,3-4,11H2,1-2H3. The fourth-order valence-corrected chi connectivity index (χ4v) is 3.95. The van der Waals surface area contributed by atoms with E-state index in [1.807, 2.05) is 43.3 Å². The second-order valence-electron chi connectivity index (χ2n) is 7.88. The highest BCUT2D eigenvalue weighted by molar-refractivity contribution is 5.93. The van der Waals surface area contributed by atoms with Crippen LogP contribution in [0.2, 0.25) is 0 Å². The first-order chi connectivity index (χ1) is 15.5. The van der Waals surface area contributed by atoms with Crippen molar-refractivity contribution in [1.29, 1.82) is 0 Å². The predicted molar refractivity (Wildman–Crippen MR) is 121 cm³/mol. The van der Waals surface area contributed by atoms with E-state index >= 15 is 0 Å². The van der Waals surface area contributed by atoms with Gasteiger partial charge < -0.3 is 18.3 Å². The van der Waals surface area contributed by atoms with E-state index in [4.69, 9.17) is 18.3 Å². The lowest BCUT2D eigenvalue weighted by Crippen LogP contribution is -2.20. The molecule has 3 heterocycles.